The predicted octanol–water partition coefficient (Wildman–Crippen LogP) is 1.72. The molecule has 0 saturated heterocycles. The largest absolute Gasteiger partial charge is 0.352 e. The van der Waals surface area contributed by atoms with Crippen LogP contribution in [0.5, 0.6) is 0 Å². The van der Waals surface area contributed by atoms with Gasteiger partial charge in [0.2, 0.25) is 0 Å². The third-order valence-electron chi connectivity index (χ3n) is 3.18. The van der Waals surface area contributed by atoms with Gasteiger partial charge in [-0.2, -0.15) is 0 Å². The van der Waals surface area contributed by atoms with Crippen LogP contribution in [0, 0.1) is 5.92 Å². The highest BCUT2D eigenvalue weighted by atomic mass is 16.1. The summed E-state index contributed by atoms with van der Waals surface area (Å²) in [4.78, 5) is 11.8. The molecule has 3 N–H and O–H groups in total. The van der Waals surface area contributed by atoms with Crippen LogP contribution in [0.25, 0.3) is 0 Å². The van der Waals surface area contributed by atoms with E-state index in [-0.39, 0.29) is 5.91 Å². The first-order valence-electron chi connectivity index (χ1n) is 6.37. The fourth-order valence-electron chi connectivity index (χ4n) is 1.89. The van der Waals surface area contributed by atoms with Crippen LogP contribution in [0.15, 0.2) is 24.3 Å². The van der Waals surface area contributed by atoms with Crippen molar-refractivity contribution in [3.8, 4) is 0 Å². The summed E-state index contributed by atoms with van der Waals surface area (Å²) in [7, 11) is 0. The Hall–Kier alpha value is -1.35. The Morgan fingerprint density at radius 1 is 1.29 bits per heavy atom. The fraction of sp³-hybridized carbons (Fsp3) is 0.500. The Bertz CT molecular complexity index is 368. The molecule has 1 amide bonds. The van der Waals surface area contributed by atoms with E-state index in [1.807, 2.05) is 24.3 Å². The lowest BCUT2D eigenvalue weighted by Crippen LogP contribution is -2.24. The summed E-state index contributed by atoms with van der Waals surface area (Å²) < 4.78 is 0. The van der Waals surface area contributed by atoms with E-state index in [4.69, 9.17) is 5.73 Å². The third-order valence-corrected chi connectivity index (χ3v) is 3.18. The molecule has 0 atom stereocenters. The molecule has 2 rings (SSSR count). The molecule has 1 saturated carbocycles. The Morgan fingerprint density at radius 3 is 2.59 bits per heavy atom. The van der Waals surface area contributed by atoms with Gasteiger partial charge >= 0.3 is 0 Å². The van der Waals surface area contributed by atoms with Crippen LogP contribution in [0.2, 0.25) is 0 Å². The monoisotopic (exact) mass is 232 g/mol. The Balaban J connectivity index is 1.80. The molecule has 1 aromatic carbocycles. The molecule has 3 nitrogen and oxygen atoms in total. The third kappa shape index (κ3) is 3.86. The first kappa shape index (κ1) is 12.1. The van der Waals surface area contributed by atoms with Crippen molar-refractivity contribution in [2.75, 3.05) is 13.1 Å². The van der Waals surface area contributed by atoms with E-state index < -0.39 is 0 Å². The van der Waals surface area contributed by atoms with Gasteiger partial charge in [0.15, 0.2) is 0 Å². The van der Waals surface area contributed by atoms with Gasteiger partial charge in [-0.15, -0.1) is 0 Å². The van der Waals surface area contributed by atoms with Gasteiger partial charge in [0.25, 0.3) is 5.91 Å². The number of carbonyl (C=O) groups is 1. The van der Waals surface area contributed by atoms with E-state index in [1.54, 1.807) is 0 Å². The molecule has 0 unspecified atom stereocenters. The number of hydrogen-bond acceptors (Lipinski definition) is 2. The van der Waals surface area contributed by atoms with Crippen molar-refractivity contribution >= 4 is 5.91 Å². The molecule has 0 heterocycles. The lowest BCUT2D eigenvalue weighted by Gasteiger charge is -2.05. The van der Waals surface area contributed by atoms with E-state index in [1.165, 1.54) is 18.4 Å². The molecular formula is C14H20N2O. The molecule has 0 spiro atoms. The highest BCUT2D eigenvalue weighted by Gasteiger charge is 2.20. The van der Waals surface area contributed by atoms with Crippen LogP contribution < -0.4 is 11.1 Å². The van der Waals surface area contributed by atoms with Crippen molar-refractivity contribution in [1.82, 2.24) is 5.32 Å². The lowest BCUT2D eigenvalue weighted by molar-refractivity contribution is 0.0952. The molecule has 3 heteroatoms. The van der Waals surface area contributed by atoms with Crippen LogP contribution in [-0.4, -0.2) is 19.0 Å². The standard InChI is InChI=1S/C14H20N2O/c15-9-7-11-3-5-13(6-4-11)14(17)16-10-8-12-1-2-12/h3-6,12H,1-2,7-10,15H2,(H,16,17). The van der Waals surface area contributed by atoms with Crippen LogP contribution in [-0.2, 0) is 6.42 Å². The van der Waals surface area contributed by atoms with E-state index >= 15 is 0 Å². The quantitative estimate of drug-likeness (QED) is 0.784. The zero-order valence-corrected chi connectivity index (χ0v) is 10.1. The number of nitrogens with two attached hydrogens (primary N) is 1. The molecule has 0 bridgehead atoms. The van der Waals surface area contributed by atoms with Gasteiger partial charge in [0.05, 0.1) is 0 Å². The molecule has 0 aromatic heterocycles. The van der Waals surface area contributed by atoms with E-state index in [0.717, 1.165) is 30.9 Å². The highest BCUT2D eigenvalue weighted by Crippen LogP contribution is 2.31. The van der Waals surface area contributed by atoms with Crippen LogP contribution in [0.4, 0.5) is 0 Å². The number of benzene rings is 1. The number of carbonyl (C=O) groups excluding carboxylic acids is 1. The molecule has 92 valence electrons. The van der Waals surface area contributed by atoms with E-state index in [2.05, 4.69) is 5.32 Å². The molecule has 1 aliphatic rings. The topological polar surface area (TPSA) is 55.1 Å². The highest BCUT2D eigenvalue weighted by molar-refractivity contribution is 5.94. The first-order chi connectivity index (χ1) is 8.29. The summed E-state index contributed by atoms with van der Waals surface area (Å²) in [5.74, 6) is 0.896. The van der Waals surface area contributed by atoms with Gasteiger partial charge < -0.3 is 11.1 Å². The minimum Gasteiger partial charge on any atom is -0.352 e. The normalized spacial score (nSPS) is 14.6. The number of nitrogens with one attached hydrogen (secondary N) is 1. The maximum Gasteiger partial charge on any atom is 0.251 e. The van der Waals surface area contributed by atoms with Gasteiger partial charge in [-0.25, -0.2) is 0 Å². The Kier molecular flexibility index (Phi) is 4.15. The summed E-state index contributed by atoms with van der Waals surface area (Å²) in [5, 5.41) is 2.96. The van der Waals surface area contributed by atoms with Gasteiger partial charge in [0.1, 0.15) is 0 Å². The molecule has 0 radical (unpaired) electrons. The molecule has 1 aliphatic carbocycles. The molecule has 0 aliphatic heterocycles. The SMILES string of the molecule is NCCc1ccc(C(=O)NCCC2CC2)cc1. The average Bonchev–Trinajstić information content (AvgIpc) is 3.14. The molecule has 17 heavy (non-hydrogen) atoms. The van der Waals surface area contributed by atoms with Crippen molar-refractivity contribution in [1.29, 1.82) is 0 Å². The van der Waals surface area contributed by atoms with Crippen molar-refractivity contribution < 1.29 is 4.79 Å². The average molecular weight is 232 g/mol. The van der Waals surface area contributed by atoms with E-state index in [9.17, 15) is 4.79 Å². The maximum atomic E-state index is 11.8. The number of hydrogen-bond donors (Lipinski definition) is 2. The summed E-state index contributed by atoms with van der Waals surface area (Å²) in [6.45, 7) is 1.45. The van der Waals surface area contributed by atoms with Gasteiger partial charge in [-0.05, 0) is 43.0 Å². The van der Waals surface area contributed by atoms with Crippen molar-refractivity contribution in [2.24, 2.45) is 11.7 Å². The zero-order chi connectivity index (χ0) is 12.1. The second-order valence-corrected chi connectivity index (χ2v) is 4.72. The molecule has 1 fully saturated rings. The lowest BCUT2D eigenvalue weighted by atomic mass is 10.1. The van der Waals surface area contributed by atoms with Gasteiger partial charge in [-0.1, -0.05) is 25.0 Å². The van der Waals surface area contributed by atoms with Crippen molar-refractivity contribution in [3.05, 3.63) is 35.4 Å². The first-order valence-corrected chi connectivity index (χ1v) is 6.37. The maximum absolute atomic E-state index is 11.8. The number of rotatable bonds is 6. The number of amides is 1. The van der Waals surface area contributed by atoms with E-state index in [0.29, 0.717) is 6.54 Å². The Labute approximate surface area is 102 Å². The second-order valence-electron chi connectivity index (χ2n) is 4.72. The van der Waals surface area contributed by atoms with Crippen LogP contribution >= 0.6 is 0 Å². The second kappa shape index (κ2) is 5.82. The Morgan fingerprint density at radius 2 is 2.00 bits per heavy atom. The smallest absolute Gasteiger partial charge is 0.251 e. The zero-order valence-electron chi connectivity index (χ0n) is 10.1. The summed E-state index contributed by atoms with van der Waals surface area (Å²) in [6, 6.07) is 7.69. The summed E-state index contributed by atoms with van der Waals surface area (Å²) in [5.41, 5.74) is 7.40. The van der Waals surface area contributed by atoms with Gasteiger partial charge in [0, 0.05) is 12.1 Å². The molecule has 1 aromatic rings. The fourth-order valence-corrected chi connectivity index (χ4v) is 1.89. The summed E-state index contributed by atoms with van der Waals surface area (Å²) >= 11 is 0. The van der Waals surface area contributed by atoms with Crippen molar-refractivity contribution in [3.63, 3.8) is 0 Å². The molecular weight excluding hydrogens is 212 g/mol. The summed E-state index contributed by atoms with van der Waals surface area (Å²) in [6.07, 6.45) is 4.66. The minimum atomic E-state index is 0.0324. The van der Waals surface area contributed by atoms with Gasteiger partial charge in [-0.3, -0.25) is 4.79 Å². The minimum absolute atomic E-state index is 0.0324. The van der Waals surface area contributed by atoms with Crippen LogP contribution in [0.1, 0.15) is 35.2 Å². The van der Waals surface area contributed by atoms with Crippen LogP contribution in [0.3, 0.4) is 0 Å². The predicted molar refractivity (Wildman–Crippen MR) is 68.9 cm³/mol. The van der Waals surface area contributed by atoms with Crippen molar-refractivity contribution in [2.45, 2.75) is 25.7 Å².